The number of anilines is 1. The van der Waals surface area contributed by atoms with Crippen LogP contribution in [0.15, 0.2) is 35.2 Å². The highest BCUT2D eigenvalue weighted by molar-refractivity contribution is 7.86. The summed E-state index contributed by atoms with van der Waals surface area (Å²) in [6.45, 7) is -0.0473. The van der Waals surface area contributed by atoms with Gasteiger partial charge in [0.2, 0.25) is 0 Å². The molecular weight excluding hydrogens is 334 g/mol. The minimum Gasteiger partial charge on any atom is -0.507 e. The molecule has 0 aliphatic heterocycles. The number of phenolic OH excluding ortho intramolecular Hbond substituents is 1. The number of phenols is 1. The zero-order chi connectivity index (χ0) is 16.5. The fourth-order valence-electron chi connectivity index (χ4n) is 1.91. The molecule has 2 aromatic carbocycles. The van der Waals surface area contributed by atoms with Crippen LogP contribution in [0.3, 0.4) is 0 Å². The Kier molecular flexibility index (Phi) is 4.29. The molecule has 0 aliphatic carbocycles. The van der Waals surface area contributed by atoms with Gasteiger partial charge in [0.25, 0.3) is 20.2 Å². The van der Waals surface area contributed by atoms with Gasteiger partial charge in [0, 0.05) is 23.7 Å². The minimum atomic E-state index is -4.46. The molecule has 8 nitrogen and oxygen atoms in total. The van der Waals surface area contributed by atoms with Gasteiger partial charge in [0.1, 0.15) is 5.75 Å². The molecule has 0 saturated heterocycles. The summed E-state index contributed by atoms with van der Waals surface area (Å²) in [4.78, 5) is -0.451. The summed E-state index contributed by atoms with van der Waals surface area (Å²) in [7, 11) is -8.54. The van der Waals surface area contributed by atoms with E-state index < -0.39 is 30.9 Å². The second kappa shape index (κ2) is 5.72. The van der Waals surface area contributed by atoms with Crippen molar-refractivity contribution in [2.24, 2.45) is 0 Å². The molecule has 4 N–H and O–H groups in total. The van der Waals surface area contributed by atoms with E-state index in [1.807, 2.05) is 0 Å². The van der Waals surface area contributed by atoms with E-state index in [0.29, 0.717) is 16.5 Å². The average molecular weight is 347 g/mol. The standard InChI is InChI=1S/C12H13NO7S2/c14-12-7-10(22(18,19)20)6-8-5-9(1-2-11(8)12)13-3-4-21(15,16)17/h1-2,5-7,13-14H,3-4H2,(H,15,16,17)(H,18,19,20). The number of hydrogen-bond acceptors (Lipinski definition) is 6. The molecule has 0 bridgehead atoms. The Labute approximate surface area is 126 Å². The first-order valence-corrected chi connectivity index (χ1v) is 9.04. The molecule has 0 radical (unpaired) electrons. The van der Waals surface area contributed by atoms with Crippen molar-refractivity contribution >= 4 is 36.7 Å². The van der Waals surface area contributed by atoms with E-state index in [4.69, 9.17) is 9.11 Å². The molecule has 0 spiro atoms. The molecule has 0 unspecified atom stereocenters. The van der Waals surface area contributed by atoms with Crippen LogP contribution in [0.2, 0.25) is 0 Å². The maximum atomic E-state index is 11.1. The fourth-order valence-corrected chi connectivity index (χ4v) is 2.80. The van der Waals surface area contributed by atoms with Gasteiger partial charge in [-0.25, -0.2) is 0 Å². The largest absolute Gasteiger partial charge is 0.507 e. The Morgan fingerprint density at radius 2 is 1.68 bits per heavy atom. The Bertz CT molecular complexity index is 920. The summed E-state index contributed by atoms with van der Waals surface area (Å²) >= 11 is 0. The van der Waals surface area contributed by atoms with Gasteiger partial charge in [-0.15, -0.1) is 0 Å². The number of fused-ring (bicyclic) bond motifs is 1. The van der Waals surface area contributed by atoms with Gasteiger partial charge in [0.05, 0.1) is 10.6 Å². The third kappa shape index (κ3) is 4.07. The molecule has 120 valence electrons. The van der Waals surface area contributed by atoms with Crippen LogP contribution in [0.1, 0.15) is 0 Å². The number of aromatic hydroxyl groups is 1. The van der Waals surface area contributed by atoms with Crippen molar-refractivity contribution in [1.29, 1.82) is 0 Å². The number of hydrogen-bond donors (Lipinski definition) is 4. The molecule has 2 rings (SSSR count). The molecule has 22 heavy (non-hydrogen) atoms. The van der Waals surface area contributed by atoms with Gasteiger partial charge < -0.3 is 10.4 Å². The Balaban J connectivity index is 2.36. The third-order valence-corrected chi connectivity index (χ3v) is 4.44. The summed E-state index contributed by atoms with van der Waals surface area (Å²) in [6.07, 6.45) is 0. The van der Waals surface area contributed by atoms with E-state index >= 15 is 0 Å². The van der Waals surface area contributed by atoms with E-state index in [9.17, 15) is 21.9 Å². The lowest BCUT2D eigenvalue weighted by Crippen LogP contribution is -2.14. The zero-order valence-electron chi connectivity index (χ0n) is 11.1. The van der Waals surface area contributed by atoms with Gasteiger partial charge in [-0.3, -0.25) is 9.11 Å². The first-order valence-electron chi connectivity index (χ1n) is 5.99. The first-order chi connectivity index (χ1) is 10.1. The molecule has 0 aliphatic rings. The maximum absolute atomic E-state index is 11.1. The van der Waals surface area contributed by atoms with Gasteiger partial charge in [-0.1, -0.05) is 0 Å². The van der Waals surface area contributed by atoms with Crippen molar-refractivity contribution in [2.45, 2.75) is 4.90 Å². The predicted molar refractivity (Wildman–Crippen MR) is 80.3 cm³/mol. The fraction of sp³-hybridized carbons (Fsp3) is 0.167. The Morgan fingerprint density at radius 3 is 2.27 bits per heavy atom. The SMILES string of the molecule is O=S(=O)(O)CCNc1ccc2c(O)cc(S(=O)(=O)O)cc2c1. The van der Waals surface area contributed by atoms with Crippen LogP contribution in [0.5, 0.6) is 5.75 Å². The number of benzene rings is 2. The van der Waals surface area contributed by atoms with Crippen molar-refractivity contribution < 1.29 is 31.0 Å². The van der Waals surface area contributed by atoms with Gasteiger partial charge in [-0.05, 0) is 29.7 Å². The first kappa shape index (κ1) is 16.5. The molecule has 0 atom stereocenters. The maximum Gasteiger partial charge on any atom is 0.294 e. The van der Waals surface area contributed by atoms with Crippen LogP contribution in [-0.4, -0.2) is 43.3 Å². The van der Waals surface area contributed by atoms with E-state index in [1.165, 1.54) is 18.2 Å². The minimum absolute atomic E-state index is 0.0473. The summed E-state index contributed by atoms with van der Waals surface area (Å²) < 4.78 is 61.2. The van der Waals surface area contributed by atoms with Crippen LogP contribution in [0, 0.1) is 0 Å². The molecule has 0 fully saturated rings. The molecule has 10 heteroatoms. The average Bonchev–Trinajstić information content (AvgIpc) is 2.35. The highest BCUT2D eigenvalue weighted by Gasteiger charge is 2.13. The van der Waals surface area contributed by atoms with Crippen LogP contribution in [-0.2, 0) is 20.2 Å². The van der Waals surface area contributed by atoms with Crippen molar-refractivity contribution in [2.75, 3.05) is 17.6 Å². The van der Waals surface area contributed by atoms with Gasteiger partial charge in [0.15, 0.2) is 0 Å². The molecular formula is C12H13NO7S2. The van der Waals surface area contributed by atoms with Crippen molar-refractivity contribution in [1.82, 2.24) is 0 Å². The van der Waals surface area contributed by atoms with Crippen molar-refractivity contribution in [3.05, 3.63) is 30.3 Å². The molecule has 0 aromatic heterocycles. The van der Waals surface area contributed by atoms with Crippen LogP contribution < -0.4 is 5.32 Å². The smallest absolute Gasteiger partial charge is 0.294 e. The van der Waals surface area contributed by atoms with Gasteiger partial charge in [-0.2, -0.15) is 16.8 Å². The van der Waals surface area contributed by atoms with E-state index in [-0.39, 0.29) is 12.3 Å². The number of rotatable bonds is 5. The third-order valence-electron chi connectivity index (χ3n) is 2.89. The monoisotopic (exact) mass is 347 g/mol. The quantitative estimate of drug-likeness (QED) is 0.589. The highest BCUT2D eigenvalue weighted by Crippen LogP contribution is 2.30. The molecule has 0 saturated carbocycles. The van der Waals surface area contributed by atoms with Crippen LogP contribution in [0.25, 0.3) is 10.8 Å². The molecule has 0 amide bonds. The van der Waals surface area contributed by atoms with E-state index in [0.717, 1.165) is 6.07 Å². The van der Waals surface area contributed by atoms with Crippen LogP contribution in [0.4, 0.5) is 5.69 Å². The van der Waals surface area contributed by atoms with Crippen molar-refractivity contribution in [3.8, 4) is 5.75 Å². The van der Waals surface area contributed by atoms with E-state index in [2.05, 4.69) is 5.32 Å². The lowest BCUT2D eigenvalue weighted by Gasteiger charge is -2.09. The Morgan fingerprint density at radius 1 is 1.00 bits per heavy atom. The molecule has 2 aromatic rings. The lowest BCUT2D eigenvalue weighted by molar-refractivity contribution is 0.471. The summed E-state index contributed by atoms with van der Waals surface area (Å²) in [5.74, 6) is -0.795. The Hall–Kier alpha value is -1.88. The van der Waals surface area contributed by atoms with Crippen LogP contribution >= 0.6 is 0 Å². The summed E-state index contributed by atoms with van der Waals surface area (Å²) in [6, 6.07) is 6.66. The summed E-state index contributed by atoms with van der Waals surface area (Å²) in [5, 5.41) is 13.2. The second-order valence-corrected chi connectivity index (χ2v) is 7.56. The predicted octanol–water partition coefficient (Wildman–Crippen LogP) is 1.09. The number of nitrogens with one attached hydrogen (secondary N) is 1. The normalized spacial score (nSPS) is 12.5. The van der Waals surface area contributed by atoms with E-state index in [1.54, 1.807) is 6.07 Å². The van der Waals surface area contributed by atoms with Gasteiger partial charge >= 0.3 is 0 Å². The highest BCUT2D eigenvalue weighted by atomic mass is 32.2. The lowest BCUT2D eigenvalue weighted by atomic mass is 10.1. The topological polar surface area (TPSA) is 141 Å². The molecule has 0 heterocycles. The zero-order valence-corrected chi connectivity index (χ0v) is 12.7. The van der Waals surface area contributed by atoms with Crippen molar-refractivity contribution in [3.63, 3.8) is 0 Å². The second-order valence-electron chi connectivity index (χ2n) is 4.57. The summed E-state index contributed by atoms with van der Waals surface area (Å²) in [5.41, 5.74) is 0.461.